The van der Waals surface area contributed by atoms with Crippen molar-refractivity contribution in [3.8, 4) is 0 Å². The average Bonchev–Trinajstić information content (AvgIpc) is 2.96. The Balaban J connectivity index is 2.24. The normalized spacial score (nSPS) is 21.4. The van der Waals surface area contributed by atoms with Crippen LogP contribution in [0, 0.1) is 11.8 Å². The molecule has 26 heavy (non-hydrogen) atoms. The molecule has 4 nitrogen and oxygen atoms in total. The Hall–Kier alpha value is -1.16. The maximum absolute atomic E-state index is 12.2. The predicted molar refractivity (Wildman–Crippen MR) is 105 cm³/mol. The SMILES string of the molecule is CCCCCC(O)/C=C/[C@H]1CCC(=O)[C@H]1CCCCCCC(=O)OCC. The number of ketones is 1. The number of Topliss-reactive ketones (excluding diaryl/α,β-unsaturated/α-hetero) is 1. The number of esters is 1. The Morgan fingerprint density at radius 3 is 2.69 bits per heavy atom. The van der Waals surface area contributed by atoms with Crippen molar-refractivity contribution in [3.05, 3.63) is 12.2 Å². The van der Waals surface area contributed by atoms with Gasteiger partial charge in [-0.05, 0) is 38.5 Å². The van der Waals surface area contributed by atoms with E-state index in [9.17, 15) is 14.7 Å². The van der Waals surface area contributed by atoms with Crippen molar-refractivity contribution in [2.75, 3.05) is 6.61 Å². The van der Waals surface area contributed by atoms with E-state index in [0.717, 1.165) is 64.2 Å². The van der Waals surface area contributed by atoms with Gasteiger partial charge in [0.1, 0.15) is 5.78 Å². The van der Waals surface area contributed by atoms with Crippen molar-refractivity contribution in [2.24, 2.45) is 11.8 Å². The standard InChI is InChI=1S/C22H38O4/c1-3-5-8-11-19(23)16-14-18-15-17-21(24)20(18)12-9-6-7-10-13-22(25)26-4-2/h14,16,18-20,23H,3-13,15,17H2,1-2H3/b16-14+/t18-,19?,20-/m0/s1. The van der Waals surface area contributed by atoms with Gasteiger partial charge in [0, 0.05) is 18.8 Å². The molecule has 1 aliphatic carbocycles. The van der Waals surface area contributed by atoms with E-state index in [1.54, 1.807) is 0 Å². The molecule has 0 aromatic rings. The summed E-state index contributed by atoms with van der Waals surface area (Å²) in [6.45, 7) is 4.43. The smallest absolute Gasteiger partial charge is 0.305 e. The van der Waals surface area contributed by atoms with Gasteiger partial charge in [0.05, 0.1) is 12.7 Å². The van der Waals surface area contributed by atoms with Gasteiger partial charge in [-0.25, -0.2) is 0 Å². The second kappa shape index (κ2) is 14.0. The Morgan fingerprint density at radius 2 is 1.96 bits per heavy atom. The molecule has 4 heteroatoms. The average molecular weight is 367 g/mol. The van der Waals surface area contributed by atoms with E-state index < -0.39 is 0 Å². The van der Waals surface area contributed by atoms with Gasteiger partial charge in [-0.2, -0.15) is 0 Å². The van der Waals surface area contributed by atoms with Crippen LogP contribution in [0.1, 0.15) is 90.9 Å². The highest BCUT2D eigenvalue weighted by atomic mass is 16.5. The molecule has 150 valence electrons. The number of aliphatic hydroxyl groups excluding tert-OH is 1. The first-order chi connectivity index (χ1) is 12.6. The van der Waals surface area contributed by atoms with Crippen molar-refractivity contribution in [3.63, 3.8) is 0 Å². The zero-order chi connectivity index (χ0) is 19.2. The molecular weight excluding hydrogens is 328 g/mol. The molecule has 0 aliphatic heterocycles. The van der Waals surface area contributed by atoms with Gasteiger partial charge < -0.3 is 9.84 Å². The molecule has 0 bridgehead atoms. The minimum atomic E-state index is -0.374. The quantitative estimate of drug-likeness (QED) is 0.267. The number of rotatable bonds is 14. The first kappa shape index (κ1) is 22.9. The molecule has 0 aromatic carbocycles. The van der Waals surface area contributed by atoms with Crippen LogP contribution in [0.25, 0.3) is 0 Å². The molecule has 1 unspecified atom stereocenters. The predicted octanol–water partition coefficient (Wildman–Crippen LogP) is 4.98. The van der Waals surface area contributed by atoms with Gasteiger partial charge in [-0.3, -0.25) is 9.59 Å². The van der Waals surface area contributed by atoms with Crippen LogP contribution in [0.15, 0.2) is 12.2 Å². The second-order valence-electron chi connectivity index (χ2n) is 7.48. The molecule has 0 radical (unpaired) electrons. The summed E-state index contributed by atoms with van der Waals surface area (Å²) in [7, 11) is 0. The number of ether oxygens (including phenoxy) is 1. The van der Waals surface area contributed by atoms with Crippen LogP contribution >= 0.6 is 0 Å². The third kappa shape index (κ3) is 9.51. The Morgan fingerprint density at radius 1 is 1.19 bits per heavy atom. The Bertz CT molecular complexity index is 430. The highest BCUT2D eigenvalue weighted by Crippen LogP contribution is 2.34. The molecule has 0 spiro atoms. The first-order valence-electron chi connectivity index (χ1n) is 10.6. The second-order valence-corrected chi connectivity index (χ2v) is 7.48. The minimum Gasteiger partial charge on any atom is -0.466 e. The number of hydrogen-bond acceptors (Lipinski definition) is 4. The summed E-state index contributed by atoms with van der Waals surface area (Å²) in [5.74, 6) is 0.690. The summed E-state index contributed by atoms with van der Waals surface area (Å²) in [5, 5.41) is 10.0. The molecule has 1 N–H and O–H groups in total. The van der Waals surface area contributed by atoms with Gasteiger partial charge in [-0.15, -0.1) is 0 Å². The van der Waals surface area contributed by atoms with Crippen LogP contribution in [0.4, 0.5) is 0 Å². The Kier molecular flexibility index (Phi) is 12.3. The molecule has 0 aromatic heterocycles. The van der Waals surface area contributed by atoms with Gasteiger partial charge in [-0.1, -0.05) is 57.6 Å². The number of hydrogen-bond donors (Lipinski definition) is 1. The summed E-state index contributed by atoms with van der Waals surface area (Å²) in [4.78, 5) is 23.4. The van der Waals surface area contributed by atoms with E-state index in [1.807, 2.05) is 13.0 Å². The maximum atomic E-state index is 12.2. The van der Waals surface area contributed by atoms with E-state index in [2.05, 4.69) is 13.0 Å². The molecule has 1 rings (SSSR count). The van der Waals surface area contributed by atoms with Gasteiger partial charge >= 0.3 is 5.97 Å². The fraction of sp³-hybridized carbons (Fsp3) is 0.818. The lowest BCUT2D eigenvalue weighted by molar-refractivity contribution is -0.143. The largest absolute Gasteiger partial charge is 0.466 e. The van der Waals surface area contributed by atoms with E-state index in [4.69, 9.17) is 4.74 Å². The van der Waals surface area contributed by atoms with Crippen LogP contribution in [0.5, 0.6) is 0 Å². The molecule has 3 atom stereocenters. The van der Waals surface area contributed by atoms with Crippen LogP contribution in [-0.4, -0.2) is 29.6 Å². The minimum absolute atomic E-state index is 0.110. The molecule has 0 heterocycles. The van der Waals surface area contributed by atoms with E-state index in [-0.39, 0.29) is 18.0 Å². The fourth-order valence-corrected chi connectivity index (χ4v) is 3.73. The fourth-order valence-electron chi connectivity index (χ4n) is 3.73. The summed E-state index contributed by atoms with van der Waals surface area (Å²) in [6, 6.07) is 0. The molecule has 1 saturated carbocycles. The lowest BCUT2D eigenvalue weighted by Crippen LogP contribution is -2.14. The van der Waals surface area contributed by atoms with Crippen LogP contribution in [-0.2, 0) is 14.3 Å². The number of allylic oxidation sites excluding steroid dienone is 1. The van der Waals surface area contributed by atoms with Crippen LogP contribution < -0.4 is 0 Å². The number of carbonyl (C=O) groups is 2. The molecule has 0 amide bonds. The number of aliphatic hydroxyl groups is 1. The zero-order valence-electron chi connectivity index (χ0n) is 16.8. The number of carbonyl (C=O) groups excluding carboxylic acids is 2. The zero-order valence-corrected chi connectivity index (χ0v) is 16.8. The third-order valence-electron chi connectivity index (χ3n) is 5.29. The topological polar surface area (TPSA) is 63.6 Å². The summed E-state index contributed by atoms with van der Waals surface area (Å²) < 4.78 is 4.92. The van der Waals surface area contributed by atoms with Crippen molar-refractivity contribution < 1.29 is 19.4 Å². The van der Waals surface area contributed by atoms with Gasteiger partial charge in [0.2, 0.25) is 0 Å². The monoisotopic (exact) mass is 366 g/mol. The summed E-state index contributed by atoms with van der Waals surface area (Å²) in [5.41, 5.74) is 0. The summed E-state index contributed by atoms with van der Waals surface area (Å²) in [6.07, 6.45) is 14.8. The van der Waals surface area contributed by atoms with Crippen molar-refractivity contribution in [1.29, 1.82) is 0 Å². The van der Waals surface area contributed by atoms with Gasteiger partial charge in [0.15, 0.2) is 0 Å². The summed E-state index contributed by atoms with van der Waals surface area (Å²) >= 11 is 0. The maximum Gasteiger partial charge on any atom is 0.305 e. The van der Waals surface area contributed by atoms with Crippen molar-refractivity contribution in [1.82, 2.24) is 0 Å². The van der Waals surface area contributed by atoms with Crippen LogP contribution in [0.2, 0.25) is 0 Å². The third-order valence-corrected chi connectivity index (χ3v) is 5.29. The van der Waals surface area contributed by atoms with Crippen molar-refractivity contribution in [2.45, 2.75) is 97.0 Å². The lowest BCUT2D eigenvalue weighted by Gasteiger charge is -2.15. The highest BCUT2D eigenvalue weighted by molar-refractivity contribution is 5.83. The number of unbranched alkanes of at least 4 members (excludes halogenated alkanes) is 5. The Labute approximate surface area is 159 Å². The van der Waals surface area contributed by atoms with E-state index in [1.165, 1.54) is 0 Å². The van der Waals surface area contributed by atoms with Gasteiger partial charge in [0.25, 0.3) is 0 Å². The molecule has 0 saturated heterocycles. The van der Waals surface area contributed by atoms with Crippen molar-refractivity contribution >= 4 is 11.8 Å². The van der Waals surface area contributed by atoms with Crippen LogP contribution in [0.3, 0.4) is 0 Å². The molecular formula is C22H38O4. The van der Waals surface area contributed by atoms with E-state index >= 15 is 0 Å². The first-order valence-corrected chi connectivity index (χ1v) is 10.6. The molecule has 1 fully saturated rings. The molecule has 1 aliphatic rings. The lowest BCUT2D eigenvalue weighted by atomic mass is 9.89. The van der Waals surface area contributed by atoms with E-state index in [0.29, 0.717) is 31.1 Å². The highest BCUT2D eigenvalue weighted by Gasteiger charge is 2.32.